The van der Waals surface area contributed by atoms with Gasteiger partial charge in [0.05, 0.1) is 6.26 Å². The van der Waals surface area contributed by atoms with Gasteiger partial charge in [0.2, 0.25) is 5.91 Å². The summed E-state index contributed by atoms with van der Waals surface area (Å²) < 4.78 is 7.08. The van der Waals surface area contributed by atoms with Gasteiger partial charge in [0, 0.05) is 25.5 Å². The number of aromatic nitrogens is 2. The summed E-state index contributed by atoms with van der Waals surface area (Å²) in [7, 11) is 1.91. The van der Waals surface area contributed by atoms with Crippen molar-refractivity contribution in [2.75, 3.05) is 0 Å². The number of aryl methyl sites for hydroxylation is 1. The highest BCUT2D eigenvalue weighted by molar-refractivity contribution is 5.91. The lowest BCUT2D eigenvalue weighted by Crippen LogP contribution is -2.29. The molecule has 3 aromatic rings. The fourth-order valence-electron chi connectivity index (χ4n) is 2.33. The molecule has 5 nitrogen and oxygen atoms in total. The zero-order valence-corrected chi connectivity index (χ0v) is 12.7. The van der Waals surface area contributed by atoms with Crippen molar-refractivity contribution in [2.45, 2.75) is 6.04 Å². The Hall–Kier alpha value is -3.08. The van der Waals surface area contributed by atoms with Crippen molar-refractivity contribution in [3.8, 4) is 0 Å². The van der Waals surface area contributed by atoms with E-state index in [2.05, 4.69) is 10.3 Å². The first-order chi connectivity index (χ1) is 11.2. The second kappa shape index (κ2) is 6.79. The van der Waals surface area contributed by atoms with Crippen molar-refractivity contribution in [3.05, 3.63) is 84.3 Å². The van der Waals surface area contributed by atoms with Gasteiger partial charge < -0.3 is 14.3 Å². The van der Waals surface area contributed by atoms with Gasteiger partial charge in [-0.3, -0.25) is 4.79 Å². The van der Waals surface area contributed by atoms with E-state index < -0.39 is 0 Å². The normalized spacial score (nSPS) is 12.4. The van der Waals surface area contributed by atoms with Gasteiger partial charge >= 0.3 is 0 Å². The molecule has 5 heteroatoms. The zero-order valence-electron chi connectivity index (χ0n) is 12.7. The van der Waals surface area contributed by atoms with Crippen molar-refractivity contribution in [2.24, 2.45) is 7.05 Å². The van der Waals surface area contributed by atoms with Crippen LogP contribution in [0.1, 0.15) is 23.2 Å². The van der Waals surface area contributed by atoms with Crippen LogP contribution in [0.25, 0.3) is 6.08 Å². The van der Waals surface area contributed by atoms with Crippen LogP contribution in [0.15, 0.2) is 71.6 Å². The first-order valence-electron chi connectivity index (χ1n) is 7.28. The summed E-state index contributed by atoms with van der Waals surface area (Å²) in [5.74, 6) is 1.20. The van der Waals surface area contributed by atoms with Crippen molar-refractivity contribution in [3.63, 3.8) is 0 Å². The largest absolute Gasteiger partial charge is 0.465 e. The van der Waals surface area contributed by atoms with Gasteiger partial charge in [0.25, 0.3) is 0 Å². The molecule has 23 heavy (non-hydrogen) atoms. The first-order valence-corrected chi connectivity index (χ1v) is 7.28. The summed E-state index contributed by atoms with van der Waals surface area (Å²) in [6.07, 6.45) is 8.23. The summed E-state index contributed by atoms with van der Waals surface area (Å²) in [5.41, 5.74) is 0.974. The number of hydrogen-bond acceptors (Lipinski definition) is 3. The predicted octanol–water partition coefficient (Wildman–Crippen LogP) is 2.93. The first kappa shape index (κ1) is 14.8. The van der Waals surface area contributed by atoms with E-state index in [1.807, 2.05) is 48.1 Å². The van der Waals surface area contributed by atoms with E-state index in [1.54, 1.807) is 30.7 Å². The third-order valence-electron chi connectivity index (χ3n) is 3.48. The van der Waals surface area contributed by atoms with Gasteiger partial charge in [0.1, 0.15) is 17.6 Å². The number of carbonyl (C=O) groups is 1. The average Bonchev–Trinajstić information content (AvgIpc) is 3.23. The van der Waals surface area contributed by atoms with Crippen molar-refractivity contribution >= 4 is 12.0 Å². The van der Waals surface area contributed by atoms with Crippen LogP contribution in [-0.4, -0.2) is 15.5 Å². The van der Waals surface area contributed by atoms with E-state index in [9.17, 15) is 4.79 Å². The number of carbonyl (C=O) groups excluding carboxylic acids is 1. The smallest absolute Gasteiger partial charge is 0.244 e. The molecule has 1 N–H and O–H groups in total. The molecule has 0 bridgehead atoms. The van der Waals surface area contributed by atoms with Gasteiger partial charge in [-0.25, -0.2) is 4.98 Å². The molecule has 1 aromatic carbocycles. The molecule has 2 heterocycles. The summed E-state index contributed by atoms with van der Waals surface area (Å²) in [6.45, 7) is 0. The molecule has 0 radical (unpaired) electrons. The van der Waals surface area contributed by atoms with Gasteiger partial charge in [-0.15, -0.1) is 0 Å². The molecule has 1 atom stereocenters. The Morgan fingerprint density at radius 1 is 1.26 bits per heavy atom. The monoisotopic (exact) mass is 307 g/mol. The molecule has 0 saturated heterocycles. The molecule has 0 aliphatic heterocycles. The Labute approximate surface area is 134 Å². The van der Waals surface area contributed by atoms with Crippen LogP contribution in [0, 0.1) is 0 Å². The SMILES string of the molecule is Cn1ccnc1C(NC(=O)/C=C/c1ccco1)c1ccccc1. The van der Waals surface area contributed by atoms with Crippen LogP contribution in [-0.2, 0) is 11.8 Å². The molecule has 1 amide bonds. The maximum Gasteiger partial charge on any atom is 0.244 e. The average molecular weight is 307 g/mol. The highest BCUT2D eigenvalue weighted by Crippen LogP contribution is 2.20. The maximum atomic E-state index is 12.3. The highest BCUT2D eigenvalue weighted by Gasteiger charge is 2.19. The van der Waals surface area contributed by atoms with E-state index in [0.29, 0.717) is 5.76 Å². The Morgan fingerprint density at radius 2 is 2.09 bits per heavy atom. The quantitative estimate of drug-likeness (QED) is 0.737. The van der Waals surface area contributed by atoms with Crippen LogP contribution in [0.3, 0.4) is 0 Å². The van der Waals surface area contributed by atoms with Crippen LogP contribution in [0.5, 0.6) is 0 Å². The Bertz CT molecular complexity index is 789. The van der Waals surface area contributed by atoms with Gasteiger partial charge in [-0.2, -0.15) is 0 Å². The maximum absolute atomic E-state index is 12.3. The van der Waals surface area contributed by atoms with E-state index in [0.717, 1.165) is 11.4 Å². The Morgan fingerprint density at radius 3 is 2.74 bits per heavy atom. The molecule has 0 fully saturated rings. The third kappa shape index (κ3) is 3.58. The van der Waals surface area contributed by atoms with Gasteiger partial charge in [-0.05, 0) is 23.8 Å². The second-order valence-electron chi connectivity index (χ2n) is 5.10. The van der Waals surface area contributed by atoms with Crippen LogP contribution < -0.4 is 5.32 Å². The highest BCUT2D eigenvalue weighted by atomic mass is 16.3. The molecule has 0 aliphatic rings. The van der Waals surface area contributed by atoms with E-state index >= 15 is 0 Å². The molecule has 3 rings (SSSR count). The van der Waals surface area contributed by atoms with Crippen molar-refractivity contribution in [1.82, 2.24) is 14.9 Å². The molecule has 0 saturated carbocycles. The fraction of sp³-hybridized carbons (Fsp3) is 0.111. The van der Waals surface area contributed by atoms with Crippen LogP contribution in [0.2, 0.25) is 0 Å². The van der Waals surface area contributed by atoms with E-state index in [1.165, 1.54) is 6.08 Å². The number of nitrogens with one attached hydrogen (secondary N) is 1. The summed E-state index contributed by atoms with van der Waals surface area (Å²) in [5, 5.41) is 2.99. The summed E-state index contributed by atoms with van der Waals surface area (Å²) in [6, 6.07) is 13.0. The number of amides is 1. The molecule has 116 valence electrons. The minimum absolute atomic E-state index is 0.210. The second-order valence-corrected chi connectivity index (χ2v) is 5.10. The van der Waals surface area contributed by atoms with Crippen LogP contribution in [0.4, 0.5) is 0 Å². The molecule has 2 aromatic heterocycles. The topological polar surface area (TPSA) is 60.1 Å². The lowest BCUT2D eigenvalue weighted by Gasteiger charge is -2.18. The van der Waals surface area contributed by atoms with E-state index in [4.69, 9.17) is 4.42 Å². The zero-order chi connectivity index (χ0) is 16.1. The minimum atomic E-state index is -0.315. The number of imidazole rings is 1. The lowest BCUT2D eigenvalue weighted by molar-refractivity contribution is -0.117. The van der Waals surface area contributed by atoms with Gasteiger partial charge in [0.15, 0.2) is 0 Å². The summed E-state index contributed by atoms with van der Waals surface area (Å²) in [4.78, 5) is 16.6. The van der Waals surface area contributed by atoms with E-state index in [-0.39, 0.29) is 11.9 Å². The third-order valence-corrected chi connectivity index (χ3v) is 3.48. The predicted molar refractivity (Wildman–Crippen MR) is 87.4 cm³/mol. The number of benzene rings is 1. The minimum Gasteiger partial charge on any atom is -0.465 e. The number of furan rings is 1. The Balaban J connectivity index is 1.82. The number of nitrogens with zero attached hydrogens (tertiary/aromatic N) is 2. The Kier molecular flexibility index (Phi) is 4.38. The van der Waals surface area contributed by atoms with Crippen LogP contribution >= 0.6 is 0 Å². The fourth-order valence-corrected chi connectivity index (χ4v) is 2.33. The summed E-state index contributed by atoms with van der Waals surface area (Å²) >= 11 is 0. The van der Waals surface area contributed by atoms with Crippen molar-refractivity contribution in [1.29, 1.82) is 0 Å². The molecule has 0 spiro atoms. The standard InChI is InChI=1S/C18H17N3O2/c1-21-12-11-19-18(21)17(14-6-3-2-4-7-14)20-16(22)10-9-15-8-5-13-23-15/h2-13,17H,1H3,(H,20,22)/b10-9+. The number of rotatable bonds is 5. The van der Waals surface area contributed by atoms with Gasteiger partial charge in [-0.1, -0.05) is 30.3 Å². The molecule has 1 unspecified atom stereocenters. The molecule has 0 aliphatic carbocycles. The number of hydrogen-bond donors (Lipinski definition) is 1. The lowest BCUT2D eigenvalue weighted by atomic mass is 10.1. The molecular formula is C18H17N3O2. The van der Waals surface area contributed by atoms with Crippen molar-refractivity contribution < 1.29 is 9.21 Å². The molecular weight excluding hydrogens is 290 g/mol.